The minimum Gasteiger partial charge on any atom is -0.507 e. The number of para-hydroxylation sites is 1. The van der Waals surface area contributed by atoms with Crippen LogP contribution in [0.3, 0.4) is 0 Å². The number of carbonyl (C=O) groups is 2. The number of benzene rings is 2. The van der Waals surface area contributed by atoms with E-state index < -0.39 is 42.3 Å². The monoisotopic (exact) mass is 1080 g/mol. The number of thiazole rings is 1. The minimum absolute atomic E-state index is 0.0993. The van der Waals surface area contributed by atoms with Crippen LogP contribution in [0.4, 0.5) is 26.0 Å². The van der Waals surface area contributed by atoms with Crippen molar-refractivity contribution in [2.24, 2.45) is 5.92 Å². The first-order valence-corrected chi connectivity index (χ1v) is 27.3. The van der Waals surface area contributed by atoms with Gasteiger partial charge in [0.05, 0.1) is 33.6 Å². The zero-order valence-electron chi connectivity index (χ0n) is 43.5. The number of rotatable bonds is 19. The van der Waals surface area contributed by atoms with Gasteiger partial charge in [0.2, 0.25) is 17.7 Å². The number of anilines is 3. The van der Waals surface area contributed by atoms with Crippen LogP contribution in [0.1, 0.15) is 68.5 Å². The number of likely N-dealkylation sites (tertiary alicyclic amines) is 1. The van der Waals surface area contributed by atoms with Crippen LogP contribution in [0, 0.1) is 12.8 Å². The van der Waals surface area contributed by atoms with Crippen molar-refractivity contribution in [2.75, 3.05) is 87.7 Å². The Morgan fingerprint density at radius 2 is 1.58 bits per heavy atom. The van der Waals surface area contributed by atoms with Gasteiger partial charge in [0.15, 0.2) is 11.6 Å². The van der Waals surface area contributed by atoms with Gasteiger partial charge in [-0.2, -0.15) is 0 Å². The summed E-state index contributed by atoms with van der Waals surface area (Å²) >= 11 is 1.45. The summed E-state index contributed by atoms with van der Waals surface area (Å²) in [6.45, 7) is 12.6. The molecule has 2 unspecified atom stereocenters. The van der Waals surface area contributed by atoms with Gasteiger partial charge < -0.3 is 50.0 Å². The number of aliphatic hydroxyl groups is 1. The van der Waals surface area contributed by atoms with Gasteiger partial charge >= 0.3 is 0 Å². The highest BCUT2D eigenvalue weighted by Crippen LogP contribution is 2.39. The van der Waals surface area contributed by atoms with Crippen LogP contribution in [0.2, 0.25) is 0 Å². The Bertz CT molecular complexity index is 2980. The number of piperazine rings is 2. The standard InChI is InChI=1S/C55H66F2N12O7S/c1-33(2)49(55(73)69-31-40(70)26-44(69)54(72)61-50(52(56)57)35-11-13-36(14-12-35)51-34(3)60-32-77-51)46-28-48(64-76-46)75-24-22-66-19-17-65(18-20-66)21-23-74-47-25-37(15-16-59-47)67-29-39-8-6-7-38(67)30-68(39)43-27-42(62-63-53(43)58)41-9-4-5-10-45(41)71/h4-5,9-16,25,27-28,32-33,38-40,44,49-50,52,70-71H,6-8,17-24,26,29-31H2,1-3H3,(H2,58,63)(H,61,72)/t38?,39?,40-,44+,49-,50-/m1/s1. The number of aliphatic hydroxyl groups excluding tert-OH is 1. The number of hydrogen-bond acceptors (Lipinski definition) is 18. The third kappa shape index (κ3) is 12.1. The van der Waals surface area contributed by atoms with Crippen LogP contribution in [-0.2, 0) is 9.59 Å². The van der Waals surface area contributed by atoms with Crippen molar-refractivity contribution in [3.63, 3.8) is 0 Å². The summed E-state index contributed by atoms with van der Waals surface area (Å²) in [5.41, 5.74) is 13.2. The van der Waals surface area contributed by atoms with Crippen LogP contribution < -0.4 is 30.3 Å². The van der Waals surface area contributed by atoms with E-state index in [-0.39, 0.29) is 53.9 Å². The summed E-state index contributed by atoms with van der Waals surface area (Å²) < 4.78 is 46.9. The number of alkyl halides is 2. The first-order chi connectivity index (χ1) is 37.3. The highest BCUT2D eigenvalue weighted by Gasteiger charge is 2.45. The predicted octanol–water partition coefficient (Wildman–Crippen LogP) is 6.39. The van der Waals surface area contributed by atoms with E-state index in [1.165, 1.54) is 16.2 Å². The number of aromatic nitrogens is 5. The highest BCUT2D eigenvalue weighted by molar-refractivity contribution is 7.13. The summed E-state index contributed by atoms with van der Waals surface area (Å²) in [5, 5.41) is 36.4. The Balaban J connectivity index is 0.668. The van der Waals surface area contributed by atoms with Crippen molar-refractivity contribution in [3.05, 3.63) is 102 Å². The second-order valence-electron chi connectivity index (χ2n) is 20.7. The number of fused-ring (bicyclic) bond motifs is 4. The average Bonchev–Trinajstić information content (AvgIpc) is 4.12. The van der Waals surface area contributed by atoms with E-state index in [1.54, 1.807) is 48.0 Å². The molecule has 2 bridgehead atoms. The Morgan fingerprint density at radius 1 is 0.883 bits per heavy atom. The molecule has 5 N–H and O–H groups in total. The largest absolute Gasteiger partial charge is 0.507 e. The molecule has 5 fully saturated rings. The number of nitrogen functional groups attached to an aromatic ring is 1. The van der Waals surface area contributed by atoms with Crippen LogP contribution in [0.25, 0.3) is 21.7 Å². The third-order valence-electron chi connectivity index (χ3n) is 15.3. The highest BCUT2D eigenvalue weighted by atomic mass is 32.1. The molecule has 0 spiro atoms. The molecule has 2 amide bonds. The maximum atomic E-state index is 14.5. The molecule has 19 nitrogen and oxygen atoms in total. The molecule has 5 aliphatic rings. The number of ether oxygens (including phenoxy) is 2. The van der Waals surface area contributed by atoms with Gasteiger partial charge in [0.1, 0.15) is 37.0 Å². The quantitative estimate of drug-likeness (QED) is 0.0689. The van der Waals surface area contributed by atoms with E-state index in [9.17, 15) is 28.6 Å². The summed E-state index contributed by atoms with van der Waals surface area (Å²) in [6.07, 6.45) is 0.916. The summed E-state index contributed by atoms with van der Waals surface area (Å²) in [7, 11) is 0. The lowest BCUT2D eigenvalue weighted by molar-refractivity contribution is -0.141. The van der Waals surface area contributed by atoms with Gasteiger partial charge in [-0.15, -0.1) is 21.5 Å². The third-order valence-corrected chi connectivity index (χ3v) is 16.3. The van der Waals surface area contributed by atoms with Gasteiger partial charge in [0, 0.05) is 107 Å². The molecular formula is C55H66F2N12O7S. The fraction of sp³-hybridized carbons (Fsp3) is 0.473. The summed E-state index contributed by atoms with van der Waals surface area (Å²) in [4.78, 5) is 48.5. The number of carbonyl (C=O) groups excluding carboxylic acids is 2. The Labute approximate surface area is 450 Å². The fourth-order valence-corrected chi connectivity index (χ4v) is 12.0. The number of aryl methyl sites for hydroxylation is 1. The van der Waals surface area contributed by atoms with Crippen LogP contribution in [0.15, 0.2) is 89.0 Å². The van der Waals surface area contributed by atoms with Gasteiger partial charge in [-0.1, -0.05) is 50.2 Å². The number of β-amino-alcohol motifs (C(OH)–C–C–N with tert-alkyl or cyclic N) is 1. The van der Waals surface area contributed by atoms with Crippen molar-refractivity contribution < 1.29 is 42.6 Å². The lowest BCUT2D eigenvalue weighted by Gasteiger charge is -2.46. The molecule has 2 aromatic carbocycles. The molecule has 11 rings (SSSR count). The maximum absolute atomic E-state index is 14.5. The van der Waals surface area contributed by atoms with E-state index in [0.717, 1.165) is 92.6 Å². The Hall–Kier alpha value is -7.01. The lowest BCUT2D eigenvalue weighted by atomic mass is 9.91. The molecule has 22 heteroatoms. The maximum Gasteiger partial charge on any atom is 0.262 e. The number of nitrogens with one attached hydrogen (secondary N) is 1. The summed E-state index contributed by atoms with van der Waals surface area (Å²) in [5.74, 6) is -0.860. The molecule has 0 radical (unpaired) electrons. The van der Waals surface area contributed by atoms with Crippen LogP contribution >= 0.6 is 11.3 Å². The normalized spacial score (nSPS) is 20.9. The molecule has 6 aromatic rings. The molecule has 6 atom stereocenters. The van der Waals surface area contributed by atoms with Crippen molar-refractivity contribution in [1.29, 1.82) is 0 Å². The van der Waals surface area contributed by atoms with E-state index in [2.05, 4.69) is 56.3 Å². The lowest BCUT2D eigenvalue weighted by Crippen LogP contribution is -2.57. The Morgan fingerprint density at radius 3 is 2.27 bits per heavy atom. The van der Waals surface area contributed by atoms with Gasteiger partial charge in [-0.25, -0.2) is 18.7 Å². The van der Waals surface area contributed by atoms with Gasteiger partial charge in [-0.05, 0) is 72.7 Å². The number of nitrogens with zero attached hydrogens (tertiary/aromatic N) is 10. The van der Waals surface area contributed by atoms with Crippen LogP contribution in [0.5, 0.6) is 17.5 Å². The SMILES string of the molecule is Cc1ncsc1-c1ccc([C@@H](NC(=O)[C@@H]2C[C@@H](O)CN2C(=O)[C@@H](c2cc(OCCN3CCN(CCOc4cc(N5CC6CCCC5CN6c5cc(-c6ccccc6O)nnc5N)ccn4)CC3)no2)C(C)C)C(F)F)cc1. The Kier molecular flexibility index (Phi) is 16.4. The van der Waals surface area contributed by atoms with Crippen molar-refractivity contribution >= 4 is 40.3 Å². The van der Waals surface area contributed by atoms with Crippen molar-refractivity contribution in [2.45, 2.75) is 89.1 Å². The van der Waals surface area contributed by atoms with Gasteiger partial charge in [-0.3, -0.25) is 19.4 Å². The van der Waals surface area contributed by atoms with Crippen molar-refractivity contribution in [3.8, 4) is 39.2 Å². The van der Waals surface area contributed by atoms with Crippen LogP contribution in [-0.4, -0.2) is 165 Å². The number of phenols is 1. The average molecular weight is 1080 g/mol. The number of amides is 2. The molecule has 408 valence electrons. The molecule has 5 saturated heterocycles. The first kappa shape index (κ1) is 53.4. The molecule has 77 heavy (non-hydrogen) atoms. The minimum atomic E-state index is -2.93. The number of nitrogens with two attached hydrogens (primary N) is 1. The smallest absolute Gasteiger partial charge is 0.262 e. The number of hydrogen-bond donors (Lipinski definition) is 4. The van der Waals surface area contributed by atoms with E-state index in [4.69, 9.17) is 19.7 Å². The van der Waals surface area contributed by atoms with E-state index >= 15 is 0 Å². The zero-order valence-corrected chi connectivity index (χ0v) is 44.3. The topological polar surface area (TPSA) is 225 Å². The molecular weight excluding hydrogens is 1010 g/mol. The van der Waals surface area contributed by atoms with Gasteiger partial charge in [0.25, 0.3) is 12.3 Å². The zero-order chi connectivity index (χ0) is 53.7. The predicted molar refractivity (Wildman–Crippen MR) is 287 cm³/mol. The molecule has 5 aliphatic heterocycles. The molecule has 4 aromatic heterocycles. The summed E-state index contributed by atoms with van der Waals surface area (Å²) in [6, 6.07) is 18.9. The van der Waals surface area contributed by atoms with E-state index in [1.807, 2.05) is 51.2 Å². The number of phenolic OH excluding ortho intramolecular Hbond substituents is 1. The number of aromatic hydroxyl groups is 1. The first-order valence-electron chi connectivity index (χ1n) is 26.4. The number of halogens is 2. The second kappa shape index (κ2) is 23.7. The van der Waals surface area contributed by atoms with E-state index in [0.29, 0.717) is 42.7 Å². The fourth-order valence-electron chi connectivity index (χ4n) is 11.2. The second-order valence-corrected chi connectivity index (χ2v) is 21.5. The molecule has 9 heterocycles. The van der Waals surface area contributed by atoms with Crippen molar-refractivity contribution in [1.82, 2.24) is 45.3 Å². The molecule has 0 aliphatic carbocycles. The molecule has 0 saturated carbocycles. The number of pyridine rings is 1.